The highest BCUT2D eigenvalue weighted by Crippen LogP contribution is 2.14. The zero-order valence-corrected chi connectivity index (χ0v) is 7.50. The van der Waals surface area contributed by atoms with Gasteiger partial charge in [-0.25, -0.2) is 0 Å². The van der Waals surface area contributed by atoms with E-state index in [1.165, 1.54) is 6.54 Å². The Morgan fingerprint density at radius 1 is 1.60 bits per heavy atom. The first-order valence-corrected chi connectivity index (χ1v) is 5.14. The maximum atomic E-state index is 3.46. The molecule has 2 atom stereocenters. The minimum Gasteiger partial charge on any atom is -0.314 e. The van der Waals surface area contributed by atoms with E-state index in [0.29, 0.717) is 6.04 Å². The third kappa shape index (κ3) is 1.87. The van der Waals surface area contributed by atoms with Gasteiger partial charge in [0.1, 0.15) is 0 Å². The fraction of sp³-hybridized carbons (Fsp3) is 1.00. The minimum atomic E-state index is 0.694. The van der Waals surface area contributed by atoms with Crippen molar-refractivity contribution in [1.29, 1.82) is 0 Å². The molecule has 10 heavy (non-hydrogen) atoms. The van der Waals surface area contributed by atoms with Gasteiger partial charge in [-0.3, -0.25) is 0 Å². The number of hydrogen-bond donors (Lipinski definition) is 2. The van der Waals surface area contributed by atoms with Gasteiger partial charge in [0.15, 0.2) is 0 Å². The molecule has 1 fully saturated rings. The molecule has 0 radical (unpaired) electrons. The summed E-state index contributed by atoms with van der Waals surface area (Å²) < 4.78 is 0. The van der Waals surface area contributed by atoms with Gasteiger partial charge in [0.2, 0.25) is 0 Å². The standard InChI is InChI=1S/C7H16N2S/c1-3-9-6-4-8-5-7(6)10-2/h6-9H,3-5H2,1-2H3/t6-,7-/m0/s1. The van der Waals surface area contributed by atoms with Crippen LogP contribution in [0, 0.1) is 0 Å². The zero-order chi connectivity index (χ0) is 7.40. The maximum Gasteiger partial charge on any atom is 0.0335 e. The number of nitrogens with one attached hydrogen (secondary N) is 2. The molecule has 1 heterocycles. The number of hydrogen-bond acceptors (Lipinski definition) is 3. The van der Waals surface area contributed by atoms with Crippen LogP contribution in [-0.4, -0.2) is 37.2 Å². The summed E-state index contributed by atoms with van der Waals surface area (Å²) >= 11 is 1.96. The van der Waals surface area contributed by atoms with Gasteiger partial charge in [0.05, 0.1) is 0 Å². The largest absolute Gasteiger partial charge is 0.314 e. The van der Waals surface area contributed by atoms with Crippen LogP contribution in [0.15, 0.2) is 0 Å². The summed E-state index contributed by atoms with van der Waals surface area (Å²) in [7, 11) is 0. The van der Waals surface area contributed by atoms with Gasteiger partial charge in [-0.1, -0.05) is 6.92 Å². The molecule has 0 aromatic rings. The van der Waals surface area contributed by atoms with E-state index < -0.39 is 0 Å². The van der Waals surface area contributed by atoms with Crippen molar-refractivity contribution < 1.29 is 0 Å². The molecular weight excluding hydrogens is 144 g/mol. The zero-order valence-electron chi connectivity index (χ0n) is 6.68. The molecule has 0 saturated carbocycles. The van der Waals surface area contributed by atoms with E-state index in [0.717, 1.165) is 18.3 Å². The summed E-state index contributed by atoms with van der Waals surface area (Å²) in [6.07, 6.45) is 2.18. The highest BCUT2D eigenvalue weighted by molar-refractivity contribution is 7.99. The average Bonchev–Trinajstić information content (AvgIpc) is 2.36. The Bertz CT molecular complexity index is 97.6. The molecule has 3 heteroatoms. The Balaban J connectivity index is 2.27. The minimum absolute atomic E-state index is 0.694. The van der Waals surface area contributed by atoms with Crippen molar-refractivity contribution in [3.05, 3.63) is 0 Å². The smallest absolute Gasteiger partial charge is 0.0335 e. The molecule has 0 aliphatic carbocycles. The van der Waals surface area contributed by atoms with E-state index in [-0.39, 0.29) is 0 Å². The van der Waals surface area contributed by atoms with Crippen LogP contribution in [0.25, 0.3) is 0 Å². The van der Waals surface area contributed by atoms with Gasteiger partial charge in [-0.05, 0) is 12.8 Å². The summed E-state index contributed by atoms with van der Waals surface area (Å²) in [4.78, 5) is 0. The molecule has 1 saturated heterocycles. The summed E-state index contributed by atoms with van der Waals surface area (Å²) in [6, 6.07) is 0.694. The Kier molecular flexibility index (Phi) is 3.52. The second kappa shape index (κ2) is 4.21. The highest BCUT2D eigenvalue weighted by atomic mass is 32.2. The van der Waals surface area contributed by atoms with Crippen LogP contribution in [0.2, 0.25) is 0 Å². The molecule has 0 aromatic carbocycles. The highest BCUT2D eigenvalue weighted by Gasteiger charge is 2.24. The van der Waals surface area contributed by atoms with E-state index in [1.54, 1.807) is 0 Å². The molecule has 0 unspecified atom stereocenters. The molecule has 2 nitrogen and oxygen atoms in total. The van der Waals surface area contributed by atoms with Crippen molar-refractivity contribution in [3.63, 3.8) is 0 Å². The molecule has 1 aliphatic rings. The summed E-state index contributed by atoms with van der Waals surface area (Å²) in [5, 5.41) is 7.61. The van der Waals surface area contributed by atoms with E-state index in [9.17, 15) is 0 Å². The lowest BCUT2D eigenvalue weighted by atomic mass is 10.2. The van der Waals surface area contributed by atoms with Crippen LogP contribution in [0.1, 0.15) is 6.92 Å². The molecule has 0 amide bonds. The lowest BCUT2D eigenvalue weighted by Gasteiger charge is -2.16. The van der Waals surface area contributed by atoms with Gasteiger partial charge in [-0.2, -0.15) is 11.8 Å². The third-order valence-corrected chi connectivity index (χ3v) is 3.03. The molecule has 0 spiro atoms. The van der Waals surface area contributed by atoms with E-state index in [2.05, 4.69) is 23.8 Å². The van der Waals surface area contributed by atoms with E-state index >= 15 is 0 Å². The Hall–Kier alpha value is 0.270. The molecule has 60 valence electrons. The molecule has 0 bridgehead atoms. The Labute approximate surface area is 67.1 Å². The monoisotopic (exact) mass is 160 g/mol. The topological polar surface area (TPSA) is 24.1 Å². The number of likely N-dealkylation sites (N-methyl/N-ethyl adjacent to an activating group) is 1. The fourth-order valence-corrected chi connectivity index (χ4v) is 2.17. The van der Waals surface area contributed by atoms with Crippen molar-refractivity contribution in [2.75, 3.05) is 25.9 Å². The normalized spacial score (nSPS) is 33.0. The third-order valence-electron chi connectivity index (χ3n) is 1.93. The van der Waals surface area contributed by atoms with Crippen LogP contribution in [-0.2, 0) is 0 Å². The van der Waals surface area contributed by atoms with E-state index in [4.69, 9.17) is 0 Å². The molecular formula is C7H16N2S. The summed E-state index contributed by atoms with van der Waals surface area (Å²) in [5.41, 5.74) is 0. The van der Waals surface area contributed by atoms with Gasteiger partial charge in [0.25, 0.3) is 0 Å². The molecule has 2 N–H and O–H groups in total. The molecule has 1 rings (SSSR count). The SMILES string of the molecule is CCN[C@H]1CNC[C@@H]1SC. The lowest BCUT2D eigenvalue weighted by Crippen LogP contribution is -2.37. The number of thioether (sulfide) groups is 1. The second-order valence-corrected chi connectivity index (χ2v) is 3.67. The van der Waals surface area contributed by atoms with Crippen molar-refractivity contribution in [1.82, 2.24) is 10.6 Å². The Morgan fingerprint density at radius 2 is 2.40 bits per heavy atom. The quantitative estimate of drug-likeness (QED) is 0.621. The van der Waals surface area contributed by atoms with Crippen LogP contribution in [0.3, 0.4) is 0 Å². The lowest BCUT2D eigenvalue weighted by molar-refractivity contribution is 0.575. The van der Waals surface area contributed by atoms with E-state index in [1.807, 2.05) is 11.8 Å². The first-order chi connectivity index (χ1) is 4.88. The van der Waals surface area contributed by atoms with Gasteiger partial charge in [-0.15, -0.1) is 0 Å². The molecule has 0 aromatic heterocycles. The van der Waals surface area contributed by atoms with Crippen molar-refractivity contribution >= 4 is 11.8 Å². The average molecular weight is 160 g/mol. The van der Waals surface area contributed by atoms with Crippen molar-refractivity contribution in [3.8, 4) is 0 Å². The summed E-state index contributed by atoms with van der Waals surface area (Å²) in [6.45, 7) is 5.55. The van der Waals surface area contributed by atoms with Crippen LogP contribution in [0.5, 0.6) is 0 Å². The first-order valence-electron chi connectivity index (χ1n) is 3.85. The van der Waals surface area contributed by atoms with Crippen LogP contribution >= 0.6 is 11.8 Å². The summed E-state index contributed by atoms with van der Waals surface area (Å²) in [5.74, 6) is 0. The van der Waals surface area contributed by atoms with Gasteiger partial charge < -0.3 is 10.6 Å². The predicted octanol–water partition coefficient (Wildman–Crippen LogP) is 0.299. The van der Waals surface area contributed by atoms with Gasteiger partial charge in [0, 0.05) is 24.4 Å². The molecule has 1 aliphatic heterocycles. The van der Waals surface area contributed by atoms with Gasteiger partial charge >= 0.3 is 0 Å². The predicted molar refractivity (Wildman–Crippen MR) is 47.6 cm³/mol. The van der Waals surface area contributed by atoms with Crippen LogP contribution < -0.4 is 10.6 Å². The second-order valence-electron chi connectivity index (χ2n) is 2.60. The first kappa shape index (κ1) is 8.37. The Morgan fingerprint density at radius 3 is 3.00 bits per heavy atom. The van der Waals surface area contributed by atoms with Crippen molar-refractivity contribution in [2.24, 2.45) is 0 Å². The fourth-order valence-electron chi connectivity index (χ4n) is 1.37. The maximum absolute atomic E-state index is 3.46. The number of rotatable bonds is 3. The van der Waals surface area contributed by atoms with Crippen molar-refractivity contribution in [2.45, 2.75) is 18.2 Å². The van der Waals surface area contributed by atoms with Crippen LogP contribution in [0.4, 0.5) is 0 Å².